The van der Waals surface area contributed by atoms with Crippen molar-refractivity contribution in [2.75, 3.05) is 6.54 Å². The van der Waals surface area contributed by atoms with Crippen LogP contribution in [0.5, 0.6) is 0 Å². The monoisotopic (exact) mass is 208 g/mol. The molecule has 0 spiro atoms. The highest BCUT2D eigenvalue weighted by atomic mass is 16.2. The van der Waals surface area contributed by atoms with Gasteiger partial charge in [-0.1, -0.05) is 12.2 Å². The number of aryl methyl sites for hydroxylation is 1. The lowest BCUT2D eigenvalue weighted by Gasteiger charge is -2.09. The van der Waals surface area contributed by atoms with Gasteiger partial charge in [-0.25, -0.2) is 9.48 Å². The van der Waals surface area contributed by atoms with Crippen molar-refractivity contribution in [3.8, 4) is 0 Å². The number of fused-ring (bicyclic) bond motifs is 1. The predicted molar refractivity (Wildman–Crippen MR) is 57.6 cm³/mol. The first kappa shape index (κ1) is 10.2. The molecule has 15 heavy (non-hydrogen) atoms. The molecule has 1 aliphatic rings. The van der Waals surface area contributed by atoms with Crippen LogP contribution in [0.2, 0.25) is 0 Å². The maximum Gasteiger partial charge on any atom is 0.346 e. The predicted octanol–water partition coefficient (Wildman–Crippen LogP) is -0.104. The van der Waals surface area contributed by atoms with Gasteiger partial charge < -0.3 is 5.73 Å². The Balaban J connectivity index is 2.22. The highest BCUT2D eigenvalue weighted by Crippen LogP contribution is 2.08. The summed E-state index contributed by atoms with van der Waals surface area (Å²) in [7, 11) is 0. The molecular formula is C10H16N4O. The Bertz CT molecular complexity index is 416. The Hall–Kier alpha value is -1.36. The lowest BCUT2D eigenvalue weighted by molar-refractivity contribution is 0.511. The summed E-state index contributed by atoms with van der Waals surface area (Å²) in [6, 6.07) is 0. The number of nitrogens with two attached hydrogens (primary N) is 1. The quantitative estimate of drug-likeness (QED) is 0.705. The average molecular weight is 208 g/mol. The molecule has 0 atom stereocenters. The van der Waals surface area contributed by atoms with Crippen LogP contribution in [0.25, 0.3) is 0 Å². The van der Waals surface area contributed by atoms with E-state index in [1.54, 1.807) is 4.57 Å². The third-order valence-electron chi connectivity index (χ3n) is 2.61. The summed E-state index contributed by atoms with van der Waals surface area (Å²) in [6.07, 6.45) is 6.85. The van der Waals surface area contributed by atoms with Gasteiger partial charge in [-0.15, -0.1) is 0 Å². The molecule has 0 amide bonds. The number of aromatic nitrogens is 3. The van der Waals surface area contributed by atoms with E-state index >= 15 is 0 Å². The van der Waals surface area contributed by atoms with Crippen molar-refractivity contribution in [1.29, 1.82) is 0 Å². The van der Waals surface area contributed by atoms with E-state index in [9.17, 15) is 4.79 Å². The maximum atomic E-state index is 11.8. The molecule has 0 saturated carbocycles. The highest BCUT2D eigenvalue weighted by molar-refractivity contribution is 4.93. The molecule has 5 nitrogen and oxygen atoms in total. The van der Waals surface area contributed by atoms with E-state index in [1.165, 1.54) is 4.68 Å². The molecule has 5 heteroatoms. The molecule has 0 aromatic carbocycles. The van der Waals surface area contributed by atoms with Gasteiger partial charge >= 0.3 is 5.69 Å². The van der Waals surface area contributed by atoms with E-state index in [-0.39, 0.29) is 5.69 Å². The molecule has 0 unspecified atom stereocenters. The molecule has 0 aliphatic carbocycles. The van der Waals surface area contributed by atoms with Crippen molar-refractivity contribution >= 4 is 0 Å². The van der Waals surface area contributed by atoms with E-state index in [4.69, 9.17) is 5.73 Å². The second kappa shape index (κ2) is 4.44. The van der Waals surface area contributed by atoms with Crippen LogP contribution in [0.4, 0.5) is 0 Å². The summed E-state index contributed by atoms with van der Waals surface area (Å²) in [5, 5.41) is 4.30. The van der Waals surface area contributed by atoms with Gasteiger partial charge in [0.2, 0.25) is 0 Å². The molecule has 0 bridgehead atoms. The summed E-state index contributed by atoms with van der Waals surface area (Å²) < 4.78 is 3.28. The van der Waals surface area contributed by atoms with Gasteiger partial charge in [-0.3, -0.25) is 4.57 Å². The van der Waals surface area contributed by atoms with E-state index in [1.807, 2.05) is 12.2 Å². The molecule has 2 N–H and O–H groups in total. The number of nitrogens with zero attached hydrogens (tertiary/aromatic N) is 3. The molecular weight excluding hydrogens is 192 g/mol. The van der Waals surface area contributed by atoms with Crippen molar-refractivity contribution < 1.29 is 0 Å². The van der Waals surface area contributed by atoms with Crippen molar-refractivity contribution in [2.45, 2.75) is 32.4 Å². The zero-order chi connectivity index (χ0) is 10.7. The van der Waals surface area contributed by atoms with E-state index in [0.717, 1.165) is 31.6 Å². The van der Waals surface area contributed by atoms with Crippen LogP contribution in [0, 0.1) is 0 Å². The molecule has 0 saturated heterocycles. The minimum Gasteiger partial charge on any atom is -0.327 e. The van der Waals surface area contributed by atoms with Gasteiger partial charge in [0, 0.05) is 19.5 Å². The molecule has 1 aromatic heterocycles. The zero-order valence-corrected chi connectivity index (χ0v) is 8.72. The van der Waals surface area contributed by atoms with E-state index in [0.29, 0.717) is 13.1 Å². The summed E-state index contributed by atoms with van der Waals surface area (Å²) in [5.41, 5.74) is 5.33. The Morgan fingerprint density at radius 1 is 1.40 bits per heavy atom. The molecule has 82 valence electrons. The summed E-state index contributed by atoms with van der Waals surface area (Å²) in [6.45, 7) is 1.84. The Labute approximate surface area is 88.2 Å². The first-order valence-corrected chi connectivity index (χ1v) is 5.34. The molecule has 0 radical (unpaired) electrons. The molecule has 2 heterocycles. The lowest BCUT2D eigenvalue weighted by Crippen LogP contribution is -2.26. The van der Waals surface area contributed by atoms with E-state index < -0.39 is 0 Å². The Morgan fingerprint density at radius 3 is 3.00 bits per heavy atom. The van der Waals surface area contributed by atoms with Crippen molar-refractivity contribution in [3.63, 3.8) is 0 Å². The second-order valence-corrected chi connectivity index (χ2v) is 3.70. The van der Waals surface area contributed by atoms with Crippen LogP contribution >= 0.6 is 0 Å². The molecule has 2 rings (SSSR count). The average Bonchev–Trinajstić information content (AvgIpc) is 2.57. The topological polar surface area (TPSA) is 65.8 Å². The third kappa shape index (κ3) is 2.02. The largest absolute Gasteiger partial charge is 0.346 e. The number of rotatable bonds is 3. The fraction of sp³-hybridized carbons (Fsp3) is 0.600. The van der Waals surface area contributed by atoms with Crippen molar-refractivity contribution in [2.24, 2.45) is 5.73 Å². The summed E-state index contributed by atoms with van der Waals surface area (Å²) in [5.74, 6) is 0.924. The normalized spacial score (nSPS) is 15.8. The summed E-state index contributed by atoms with van der Waals surface area (Å²) in [4.78, 5) is 11.8. The SMILES string of the molecule is NCC=CCn1nc2n(c1=O)CCCC2. The Morgan fingerprint density at radius 2 is 2.27 bits per heavy atom. The zero-order valence-electron chi connectivity index (χ0n) is 8.72. The minimum absolute atomic E-state index is 0.00590. The van der Waals surface area contributed by atoms with Crippen LogP contribution in [0.15, 0.2) is 16.9 Å². The van der Waals surface area contributed by atoms with Gasteiger partial charge in [0.05, 0.1) is 6.54 Å². The Kier molecular flexibility index (Phi) is 3.01. The van der Waals surface area contributed by atoms with Crippen molar-refractivity contribution in [3.05, 3.63) is 28.5 Å². The van der Waals surface area contributed by atoms with Crippen LogP contribution in [-0.4, -0.2) is 20.9 Å². The molecule has 1 aliphatic heterocycles. The first-order valence-electron chi connectivity index (χ1n) is 5.34. The van der Waals surface area contributed by atoms with Gasteiger partial charge in [-0.05, 0) is 12.8 Å². The minimum atomic E-state index is 0.00590. The van der Waals surface area contributed by atoms with Crippen LogP contribution < -0.4 is 11.4 Å². The van der Waals surface area contributed by atoms with Crippen molar-refractivity contribution in [1.82, 2.24) is 14.3 Å². The first-order chi connectivity index (χ1) is 7.33. The van der Waals surface area contributed by atoms with Gasteiger partial charge in [0.1, 0.15) is 5.82 Å². The van der Waals surface area contributed by atoms with E-state index in [2.05, 4.69) is 5.10 Å². The smallest absolute Gasteiger partial charge is 0.327 e. The number of allylic oxidation sites excluding steroid dienone is 1. The number of hydrogen-bond donors (Lipinski definition) is 1. The fourth-order valence-electron chi connectivity index (χ4n) is 1.84. The highest BCUT2D eigenvalue weighted by Gasteiger charge is 2.15. The molecule has 0 fully saturated rings. The summed E-state index contributed by atoms with van der Waals surface area (Å²) >= 11 is 0. The van der Waals surface area contributed by atoms with Gasteiger partial charge in [0.15, 0.2) is 0 Å². The van der Waals surface area contributed by atoms with Gasteiger partial charge in [0.25, 0.3) is 0 Å². The van der Waals surface area contributed by atoms with Crippen LogP contribution in [0.3, 0.4) is 0 Å². The lowest BCUT2D eigenvalue weighted by atomic mass is 10.2. The maximum absolute atomic E-state index is 11.8. The van der Waals surface area contributed by atoms with Crippen LogP contribution in [0.1, 0.15) is 18.7 Å². The fourth-order valence-corrected chi connectivity index (χ4v) is 1.84. The third-order valence-corrected chi connectivity index (χ3v) is 2.61. The second-order valence-electron chi connectivity index (χ2n) is 3.70. The van der Waals surface area contributed by atoms with Crippen LogP contribution in [-0.2, 0) is 19.5 Å². The standard InChI is InChI=1S/C10H16N4O/c11-6-2-4-8-14-10(15)13-7-3-1-5-9(13)12-14/h2,4H,1,3,5-8,11H2. The molecule has 1 aromatic rings. The number of hydrogen-bond acceptors (Lipinski definition) is 3. The van der Waals surface area contributed by atoms with Gasteiger partial charge in [-0.2, -0.15) is 5.10 Å².